The summed E-state index contributed by atoms with van der Waals surface area (Å²) in [6.45, 7) is 10.5. The van der Waals surface area contributed by atoms with Gasteiger partial charge in [0.2, 0.25) is 0 Å². The van der Waals surface area contributed by atoms with Crippen molar-refractivity contribution in [2.45, 2.75) is 52.7 Å². The average Bonchev–Trinajstić information content (AvgIpc) is 2.75. The van der Waals surface area contributed by atoms with Gasteiger partial charge in [-0.05, 0) is 31.9 Å². The Morgan fingerprint density at radius 2 is 2.20 bits per heavy atom. The number of aromatic nitrogens is 3. The summed E-state index contributed by atoms with van der Waals surface area (Å²) in [4.78, 5) is 9.38. The summed E-state index contributed by atoms with van der Waals surface area (Å²) in [7, 11) is 0. The number of aryl methyl sites for hydroxylation is 1. The number of rotatable bonds is 2. The Kier molecular flexibility index (Phi) is 3.34. The molecule has 1 aliphatic rings. The van der Waals surface area contributed by atoms with Gasteiger partial charge in [-0.3, -0.25) is 4.98 Å². The molecule has 0 spiro atoms. The van der Waals surface area contributed by atoms with Crippen LogP contribution in [0, 0.1) is 6.92 Å². The normalized spacial score (nSPS) is 18.4. The molecule has 1 unspecified atom stereocenters. The first kappa shape index (κ1) is 13.3. The molecule has 0 bridgehead atoms. The molecule has 3 heterocycles. The van der Waals surface area contributed by atoms with Crippen LogP contribution in [0.2, 0.25) is 0 Å². The Morgan fingerprint density at radius 1 is 1.40 bits per heavy atom. The highest BCUT2D eigenvalue weighted by molar-refractivity contribution is 5.65. The second kappa shape index (κ2) is 5.02. The standard InChI is InChI=1S/C16H22N4/c1-10(2)15-13(6-5-7-17-15)16-14-8-18-11(3)9-20(14)12(4)19-16/h5-7,10-11,18H,8-9H2,1-4H3. The molecule has 0 aromatic carbocycles. The number of imidazole rings is 1. The predicted molar refractivity (Wildman–Crippen MR) is 80.6 cm³/mol. The molecule has 1 aliphatic heterocycles. The fraction of sp³-hybridized carbons (Fsp3) is 0.500. The second-order valence-electron chi connectivity index (χ2n) is 5.94. The van der Waals surface area contributed by atoms with Crippen LogP contribution in [-0.2, 0) is 13.1 Å². The molecule has 0 saturated carbocycles. The summed E-state index contributed by atoms with van der Waals surface area (Å²) in [6, 6.07) is 4.64. The van der Waals surface area contributed by atoms with Crippen molar-refractivity contribution in [1.82, 2.24) is 19.9 Å². The molecule has 4 heteroatoms. The van der Waals surface area contributed by atoms with E-state index < -0.39 is 0 Å². The van der Waals surface area contributed by atoms with Gasteiger partial charge in [0.05, 0.1) is 17.1 Å². The second-order valence-corrected chi connectivity index (χ2v) is 5.94. The molecule has 0 amide bonds. The van der Waals surface area contributed by atoms with E-state index in [4.69, 9.17) is 4.98 Å². The highest BCUT2D eigenvalue weighted by Crippen LogP contribution is 2.31. The topological polar surface area (TPSA) is 42.7 Å². The average molecular weight is 270 g/mol. The largest absolute Gasteiger partial charge is 0.329 e. The molecule has 2 aromatic rings. The van der Waals surface area contributed by atoms with Gasteiger partial charge in [-0.1, -0.05) is 13.8 Å². The Morgan fingerprint density at radius 3 is 2.95 bits per heavy atom. The van der Waals surface area contributed by atoms with Gasteiger partial charge in [-0.25, -0.2) is 4.98 Å². The Labute approximate surface area is 120 Å². The van der Waals surface area contributed by atoms with E-state index in [2.05, 4.69) is 48.6 Å². The third kappa shape index (κ3) is 2.14. The third-order valence-electron chi connectivity index (χ3n) is 3.98. The minimum Gasteiger partial charge on any atom is -0.329 e. The first-order valence-electron chi connectivity index (χ1n) is 7.32. The Bertz CT molecular complexity index is 627. The molecule has 0 saturated heterocycles. The van der Waals surface area contributed by atoms with Crippen molar-refractivity contribution in [1.29, 1.82) is 0 Å². The van der Waals surface area contributed by atoms with E-state index in [-0.39, 0.29) is 0 Å². The van der Waals surface area contributed by atoms with E-state index in [9.17, 15) is 0 Å². The zero-order valence-corrected chi connectivity index (χ0v) is 12.6. The van der Waals surface area contributed by atoms with E-state index >= 15 is 0 Å². The fourth-order valence-corrected chi connectivity index (χ4v) is 2.93. The van der Waals surface area contributed by atoms with Crippen molar-refractivity contribution in [3.63, 3.8) is 0 Å². The van der Waals surface area contributed by atoms with Gasteiger partial charge in [0, 0.05) is 30.9 Å². The van der Waals surface area contributed by atoms with Gasteiger partial charge in [0.15, 0.2) is 0 Å². The quantitative estimate of drug-likeness (QED) is 0.912. The van der Waals surface area contributed by atoms with Crippen LogP contribution < -0.4 is 5.32 Å². The number of nitrogens with one attached hydrogen (secondary N) is 1. The molecule has 0 aliphatic carbocycles. The zero-order valence-electron chi connectivity index (χ0n) is 12.6. The van der Waals surface area contributed by atoms with Gasteiger partial charge >= 0.3 is 0 Å². The molecular formula is C16H22N4. The van der Waals surface area contributed by atoms with E-state index in [0.29, 0.717) is 12.0 Å². The molecule has 106 valence electrons. The van der Waals surface area contributed by atoms with Crippen LogP contribution in [0.3, 0.4) is 0 Å². The van der Waals surface area contributed by atoms with Gasteiger partial charge < -0.3 is 9.88 Å². The van der Waals surface area contributed by atoms with Gasteiger partial charge in [0.1, 0.15) is 5.82 Å². The van der Waals surface area contributed by atoms with Crippen LogP contribution in [0.4, 0.5) is 0 Å². The molecule has 2 aromatic heterocycles. The molecule has 1 N–H and O–H groups in total. The van der Waals surface area contributed by atoms with Crippen molar-refractivity contribution < 1.29 is 0 Å². The van der Waals surface area contributed by atoms with Crippen molar-refractivity contribution in [2.75, 3.05) is 0 Å². The SMILES string of the molecule is Cc1nc(-c2cccnc2C(C)C)c2n1CC(C)NC2. The fourth-order valence-electron chi connectivity index (χ4n) is 2.93. The van der Waals surface area contributed by atoms with E-state index in [1.807, 2.05) is 12.3 Å². The zero-order chi connectivity index (χ0) is 14.3. The van der Waals surface area contributed by atoms with Gasteiger partial charge in [-0.15, -0.1) is 0 Å². The van der Waals surface area contributed by atoms with Crippen LogP contribution >= 0.6 is 0 Å². The van der Waals surface area contributed by atoms with Gasteiger partial charge in [-0.2, -0.15) is 0 Å². The van der Waals surface area contributed by atoms with E-state index in [0.717, 1.165) is 30.3 Å². The first-order valence-corrected chi connectivity index (χ1v) is 7.32. The molecule has 4 nitrogen and oxygen atoms in total. The highest BCUT2D eigenvalue weighted by atomic mass is 15.2. The number of fused-ring (bicyclic) bond motifs is 1. The van der Waals surface area contributed by atoms with E-state index in [1.165, 1.54) is 11.3 Å². The lowest BCUT2D eigenvalue weighted by Gasteiger charge is -2.24. The predicted octanol–water partition coefficient (Wildman–Crippen LogP) is 2.87. The number of nitrogens with zero attached hydrogens (tertiary/aromatic N) is 3. The Hall–Kier alpha value is -1.68. The molecule has 20 heavy (non-hydrogen) atoms. The summed E-state index contributed by atoms with van der Waals surface area (Å²) in [5.41, 5.74) is 4.69. The summed E-state index contributed by atoms with van der Waals surface area (Å²) < 4.78 is 2.34. The smallest absolute Gasteiger partial charge is 0.106 e. The minimum atomic E-state index is 0.402. The van der Waals surface area contributed by atoms with Crippen LogP contribution in [0.25, 0.3) is 11.3 Å². The van der Waals surface area contributed by atoms with Crippen LogP contribution in [0.15, 0.2) is 18.3 Å². The molecule has 0 radical (unpaired) electrons. The maximum atomic E-state index is 4.82. The lowest BCUT2D eigenvalue weighted by Crippen LogP contribution is -2.36. The highest BCUT2D eigenvalue weighted by Gasteiger charge is 2.23. The number of hydrogen-bond acceptors (Lipinski definition) is 3. The monoisotopic (exact) mass is 270 g/mol. The van der Waals surface area contributed by atoms with Crippen molar-refractivity contribution in [2.24, 2.45) is 0 Å². The number of hydrogen-bond donors (Lipinski definition) is 1. The van der Waals surface area contributed by atoms with Crippen LogP contribution in [-0.4, -0.2) is 20.6 Å². The molecular weight excluding hydrogens is 248 g/mol. The van der Waals surface area contributed by atoms with Crippen LogP contribution in [0.1, 0.15) is 43.9 Å². The molecule has 0 fully saturated rings. The van der Waals surface area contributed by atoms with Crippen molar-refractivity contribution >= 4 is 0 Å². The lowest BCUT2D eigenvalue weighted by molar-refractivity contribution is 0.412. The lowest BCUT2D eigenvalue weighted by atomic mass is 10.00. The maximum Gasteiger partial charge on any atom is 0.106 e. The van der Waals surface area contributed by atoms with Crippen molar-refractivity contribution in [3.8, 4) is 11.3 Å². The van der Waals surface area contributed by atoms with E-state index in [1.54, 1.807) is 0 Å². The first-order chi connectivity index (χ1) is 9.58. The van der Waals surface area contributed by atoms with Gasteiger partial charge in [0.25, 0.3) is 0 Å². The minimum absolute atomic E-state index is 0.402. The summed E-state index contributed by atoms with van der Waals surface area (Å²) in [6.07, 6.45) is 1.87. The molecule has 3 rings (SSSR count). The van der Waals surface area contributed by atoms with Crippen molar-refractivity contribution in [3.05, 3.63) is 35.5 Å². The van der Waals surface area contributed by atoms with Crippen LogP contribution in [0.5, 0.6) is 0 Å². The summed E-state index contributed by atoms with van der Waals surface area (Å²) >= 11 is 0. The summed E-state index contributed by atoms with van der Waals surface area (Å²) in [5.74, 6) is 1.50. The maximum absolute atomic E-state index is 4.82. The number of pyridine rings is 1. The Balaban J connectivity index is 2.15. The summed E-state index contributed by atoms with van der Waals surface area (Å²) in [5, 5.41) is 3.53. The molecule has 1 atom stereocenters. The third-order valence-corrected chi connectivity index (χ3v) is 3.98.